The molecule has 8 nitrogen and oxygen atoms in total. The van der Waals surface area contributed by atoms with Crippen molar-refractivity contribution in [2.45, 2.75) is 19.1 Å². The van der Waals surface area contributed by atoms with Crippen LogP contribution >= 0.6 is 22.9 Å². The summed E-state index contributed by atoms with van der Waals surface area (Å²) in [5.74, 6) is -0.231. The molecule has 0 amide bonds. The van der Waals surface area contributed by atoms with Gasteiger partial charge in [0, 0.05) is 17.2 Å². The van der Waals surface area contributed by atoms with Crippen LogP contribution in [0.25, 0.3) is 10.4 Å². The number of rotatable bonds is 6. The quantitative estimate of drug-likeness (QED) is 0.300. The molecule has 29 heavy (non-hydrogen) atoms. The molecule has 1 fully saturated rings. The number of hydrogen-bond acceptors (Lipinski definition) is 7. The van der Waals surface area contributed by atoms with Crippen molar-refractivity contribution >= 4 is 53.4 Å². The summed E-state index contributed by atoms with van der Waals surface area (Å²) < 4.78 is 33.3. The van der Waals surface area contributed by atoms with Crippen molar-refractivity contribution < 1.29 is 13.7 Å². The first kappa shape index (κ1) is 21.5. The molecule has 1 aliphatic rings. The second kappa shape index (κ2) is 8.66. The summed E-state index contributed by atoms with van der Waals surface area (Å²) in [5.41, 5.74) is 0.00988. The first-order valence-corrected chi connectivity index (χ1v) is 10.7. The van der Waals surface area contributed by atoms with Gasteiger partial charge in [0.05, 0.1) is 40.2 Å². The summed E-state index contributed by atoms with van der Waals surface area (Å²) in [5, 5.41) is 18.2. The van der Waals surface area contributed by atoms with Crippen molar-refractivity contribution in [2.24, 2.45) is 10.2 Å². The van der Waals surface area contributed by atoms with Crippen LogP contribution in [0.5, 0.6) is 0 Å². The minimum absolute atomic E-state index is 0.0355. The summed E-state index contributed by atoms with van der Waals surface area (Å²) >= 11 is 6.35. The van der Waals surface area contributed by atoms with Gasteiger partial charge in [0.15, 0.2) is 12.2 Å². The maximum Gasteiger partial charge on any atom is 0.234 e. The van der Waals surface area contributed by atoms with E-state index in [1.165, 1.54) is 15.6 Å². The normalized spacial score (nSPS) is 22.0. The van der Waals surface area contributed by atoms with Gasteiger partial charge in [0.1, 0.15) is 18.0 Å². The minimum Gasteiger partial charge on any atom is -0.593 e. The first-order valence-electron chi connectivity index (χ1n) is 8.28. The lowest BCUT2D eigenvalue weighted by molar-refractivity contribution is 0.301. The number of aromatic nitrogens is 1. The Morgan fingerprint density at radius 1 is 1.62 bits per heavy atom. The molecule has 3 heterocycles. The fraction of sp³-hybridized carbons (Fsp3) is 0.294. The summed E-state index contributed by atoms with van der Waals surface area (Å²) in [6, 6.07) is 3.23. The second-order valence-electron chi connectivity index (χ2n) is 6.39. The molecule has 1 saturated heterocycles. The molecule has 3 rings (SSSR count). The molecule has 0 bridgehead atoms. The smallest absolute Gasteiger partial charge is 0.234 e. The maximum absolute atomic E-state index is 14.5. The molecule has 0 radical (unpaired) electrons. The van der Waals surface area contributed by atoms with E-state index >= 15 is 0 Å². The van der Waals surface area contributed by atoms with E-state index in [0.717, 1.165) is 12.6 Å². The van der Waals surface area contributed by atoms with Crippen molar-refractivity contribution in [1.82, 2.24) is 14.6 Å². The molecule has 0 aliphatic carbocycles. The fourth-order valence-corrected chi connectivity index (χ4v) is 5.67. The average molecular weight is 457 g/mol. The Kier molecular flexibility index (Phi) is 6.42. The first-order chi connectivity index (χ1) is 13.7. The molecular formula is C17H18ClFN6O2S2. The van der Waals surface area contributed by atoms with E-state index in [9.17, 15) is 8.94 Å². The summed E-state index contributed by atoms with van der Waals surface area (Å²) in [6.07, 6.45) is 2.24. The molecular weight excluding hydrogens is 439 g/mol. The summed E-state index contributed by atoms with van der Waals surface area (Å²) in [7, 11) is 1.58. The maximum atomic E-state index is 14.5. The zero-order valence-electron chi connectivity index (χ0n) is 15.6. The number of nitrogens with one attached hydrogen (secondary N) is 2. The van der Waals surface area contributed by atoms with Crippen LogP contribution in [0.3, 0.4) is 0 Å². The van der Waals surface area contributed by atoms with Gasteiger partial charge in [-0.3, -0.25) is 10.4 Å². The van der Waals surface area contributed by atoms with Gasteiger partial charge in [-0.1, -0.05) is 11.6 Å². The SMILES string of the molecule is C=N/N=C\OCc1cc(-c2cc(Cl)c([C@]3(C)C[S+]([O-])N(C)C(=N)N3)s2)c(F)cn1. The van der Waals surface area contributed by atoms with Gasteiger partial charge in [-0.25, -0.2) is 4.39 Å². The monoisotopic (exact) mass is 456 g/mol. The van der Waals surface area contributed by atoms with Crippen molar-refractivity contribution in [3.63, 3.8) is 0 Å². The van der Waals surface area contributed by atoms with E-state index in [0.29, 0.717) is 26.0 Å². The Bertz CT molecular complexity index is 971. The third-order valence-electron chi connectivity index (χ3n) is 4.23. The van der Waals surface area contributed by atoms with Crippen LogP contribution in [0.4, 0.5) is 4.39 Å². The lowest BCUT2D eigenvalue weighted by Crippen LogP contribution is -2.60. The molecule has 12 heteroatoms. The number of ether oxygens (including phenoxy) is 1. The highest BCUT2D eigenvalue weighted by atomic mass is 35.5. The number of thiophene rings is 1. The Hall–Kier alpha value is -2.21. The molecule has 2 aromatic rings. The second-order valence-corrected chi connectivity index (χ2v) is 9.32. The van der Waals surface area contributed by atoms with E-state index in [2.05, 4.69) is 27.2 Å². The van der Waals surface area contributed by atoms with E-state index in [1.807, 2.05) is 6.92 Å². The van der Waals surface area contributed by atoms with Crippen LogP contribution in [-0.2, 0) is 28.2 Å². The predicted octanol–water partition coefficient (Wildman–Crippen LogP) is 3.11. The van der Waals surface area contributed by atoms with E-state index < -0.39 is 22.7 Å². The van der Waals surface area contributed by atoms with Crippen molar-refractivity contribution in [2.75, 3.05) is 12.8 Å². The van der Waals surface area contributed by atoms with Gasteiger partial charge in [-0.05, 0) is 19.1 Å². The largest absolute Gasteiger partial charge is 0.593 e. The number of nitrogens with zero attached hydrogens (tertiary/aromatic N) is 4. The van der Waals surface area contributed by atoms with Gasteiger partial charge in [0.25, 0.3) is 0 Å². The van der Waals surface area contributed by atoms with Crippen LogP contribution in [0, 0.1) is 11.2 Å². The van der Waals surface area contributed by atoms with Crippen molar-refractivity contribution in [3.8, 4) is 10.4 Å². The molecule has 2 N–H and O–H groups in total. The predicted molar refractivity (Wildman–Crippen MR) is 114 cm³/mol. The van der Waals surface area contributed by atoms with Gasteiger partial charge in [-0.2, -0.15) is 9.41 Å². The molecule has 1 aliphatic heterocycles. The number of halogens is 2. The molecule has 2 atom stereocenters. The molecule has 0 aromatic carbocycles. The topological polar surface area (TPSA) is 109 Å². The molecule has 0 spiro atoms. The number of hydrogen-bond donors (Lipinski definition) is 2. The molecule has 154 valence electrons. The molecule has 2 aromatic heterocycles. The number of pyridine rings is 1. The zero-order chi connectivity index (χ0) is 21.2. The Morgan fingerprint density at radius 2 is 2.38 bits per heavy atom. The van der Waals surface area contributed by atoms with Crippen molar-refractivity contribution in [1.29, 1.82) is 5.41 Å². The van der Waals surface area contributed by atoms with Gasteiger partial charge in [0.2, 0.25) is 5.96 Å². The van der Waals surface area contributed by atoms with Crippen LogP contribution in [0.2, 0.25) is 5.02 Å². The number of guanidine groups is 1. The third kappa shape index (κ3) is 4.53. The van der Waals surface area contributed by atoms with Gasteiger partial charge in [-0.15, -0.1) is 16.4 Å². The third-order valence-corrected chi connectivity index (χ3v) is 7.69. The van der Waals surface area contributed by atoms with E-state index in [4.69, 9.17) is 21.7 Å². The van der Waals surface area contributed by atoms with Crippen LogP contribution in [0.15, 0.2) is 28.5 Å². The average Bonchev–Trinajstić information content (AvgIpc) is 3.07. The zero-order valence-corrected chi connectivity index (χ0v) is 18.0. The minimum atomic E-state index is -1.37. The van der Waals surface area contributed by atoms with E-state index in [-0.39, 0.29) is 18.3 Å². The molecule has 0 saturated carbocycles. The fourth-order valence-electron chi connectivity index (χ4n) is 2.76. The Morgan fingerprint density at radius 3 is 3.07 bits per heavy atom. The van der Waals surface area contributed by atoms with Crippen molar-refractivity contribution in [3.05, 3.63) is 39.7 Å². The van der Waals surface area contributed by atoms with Crippen LogP contribution < -0.4 is 5.32 Å². The van der Waals surface area contributed by atoms with Gasteiger partial charge >= 0.3 is 0 Å². The highest BCUT2D eigenvalue weighted by Crippen LogP contribution is 2.42. The highest BCUT2D eigenvalue weighted by molar-refractivity contribution is 7.89. The molecule has 1 unspecified atom stereocenters. The van der Waals surface area contributed by atoms with Gasteiger partial charge < -0.3 is 14.6 Å². The van der Waals surface area contributed by atoms with E-state index in [1.54, 1.807) is 19.2 Å². The van der Waals surface area contributed by atoms with Crippen LogP contribution in [-0.4, -0.2) is 45.7 Å². The highest BCUT2D eigenvalue weighted by Gasteiger charge is 2.44. The lowest BCUT2D eigenvalue weighted by Gasteiger charge is -2.39. The Balaban J connectivity index is 1.91. The lowest BCUT2D eigenvalue weighted by atomic mass is 10.0. The summed E-state index contributed by atoms with van der Waals surface area (Å²) in [4.78, 5) is 5.27. The Labute approximate surface area is 179 Å². The summed E-state index contributed by atoms with van der Waals surface area (Å²) in [6.45, 7) is 5.10. The van der Waals surface area contributed by atoms with Crippen LogP contribution in [0.1, 0.15) is 17.5 Å². The standard InChI is InChI=1S/C17H18ClFN6O2S2/c1-17(8-29(26)25(3)16(20)24-17)15-12(18)5-14(28-15)11-4-10(22-6-13(11)19)7-27-9-23-21-2/h4-6,9H,2,7-8H2,1,3H3,(H2,20,24)/b23-9-/t17-,29?/m0/s1.